The van der Waals surface area contributed by atoms with Crippen molar-refractivity contribution in [1.82, 2.24) is 20.4 Å². The van der Waals surface area contributed by atoms with Crippen LogP contribution in [0.3, 0.4) is 0 Å². The van der Waals surface area contributed by atoms with Gasteiger partial charge in [0.05, 0.1) is 30.6 Å². The quantitative estimate of drug-likeness (QED) is 0.281. The molecule has 4 heterocycles. The second-order valence-electron chi connectivity index (χ2n) is 9.24. The van der Waals surface area contributed by atoms with E-state index < -0.39 is 24.1 Å². The summed E-state index contributed by atoms with van der Waals surface area (Å²) in [6.07, 6.45) is 0.356. The molecule has 0 aromatic carbocycles. The molecule has 4 aliphatic heterocycles. The third-order valence-electron chi connectivity index (χ3n) is 7.15. The van der Waals surface area contributed by atoms with Crippen LogP contribution in [-0.4, -0.2) is 105 Å². The maximum atomic E-state index is 12.5. The van der Waals surface area contributed by atoms with Crippen LogP contribution in [0.25, 0.3) is 0 Å². The molecule has 7 atom stereocenters. The van der Waals surface area contributed by atoms with E-state index in [0.29, 0.717) is 24.3 Å². The van der Waals surface area contributed by atoms with Crippen molar-refractivity contribution < 1.29 is 29.7 Å². The van der Waals surface area contributed by atoms with Gasteiger partial charge in [-0.3, -0.25) is 9.59 Å². The number of carboxylic acids is 1. The minimum absolute atomic E-state index is 0.0212. The van der Waals surface area contributed by atoms with Crippen molar-refractivity contribution in [2.75, 3.05) is 26.7 Å². The number of thioether (sulfide) groups is 1. The normalized spacial score (nSPS) is 33.8. The smallest absolute Gasteiger partial charge is 0.353 e. The van der Waals surface area contributed by atoms with E-state index in [1.165, 1.54) is 16.7 Å². The first-order valence-electron chi connectivity index (χ1n) is 11.2. The topological polar surface area (TPSA) is 142 Å². The van der Waals surface area contributed by atoms with E-state index in [1.807, 2.05) is 0 Å². The molecule has 3 fully saturated rings. The Hall–Kier alpha value is -1.66. The molecule has 178 valence electrons. The summed E-state index contributed by atoms with van der Waals surface area (Å²) in [4.78, 5) is 40.4. The SMILES string of the molecule is C[C@@H](O)[C@H]1C(=O)N2C(C(=O)O)=C(S[C@@H]3CN[C@H]([C@H](O)CC(=O)N(C)[C@H]4CCNC4)C3)C[C@@H]12. The van der Waals surface area contributed by atoms with Crippen molar-refractivity contribution in [1.29, 1.82) is 0 Å². The number of nitrogens with zero attached hydrogens (tertiary/aromatic N) is 2. The summed E-state index contributed by atoms with van der Waals surface area (Å²) >= 11 is 1.43. The van der Waals surface area contributed by atoms with Crippen LogP contribution in [0.1, 0.15) is 32.6 Å². The third kappa shape index (κ3) is 4.28. The Labute approximate surface area is 191 Å². The maximum absolute atomic E-state index is 12.5. The Morgan fingerprint density at radius 2 is 2.06 bits per heavy atom. The van der Waals surface area contributed by atoms with Gasteiger partial charge in [-0.25, -0.2) is 4.79 Å². The van der Waals surface area contributed by atoms with E-state index in [-0.39, 0.29) is 47.3 Å². The van der Waals surface area contributed by atoms with Crippen molar-refractivity contribution in [3.63, 3.8) is 0 Å². The summed E-state index contributed by atoms with van der Waals surface area (Å²) in [5, 5.41) is 36.7. The number of hydrogen-bond donors (Lipinski definition) is 5. The van der Waals surface area contributed by atoms with Crippen LogP contribution in [0.15, 0.2) is 10.6 Å². The van der Waals surface area contributed by atoms with Crippen LogP contribution < -0.4 is 10.6 Å². The van der Waals surface area contributed by atoms with Gasteiger partial charge in [-0.15, -0.1) is 11.8 Å². The predicted octanol–water partition coefficient (Wildman–Crippen LogP) is -1.07. The number of aliphatic hydroxyl groups excluding tert-OH is 2. The molecule has 5 N–H and O–H groups in total. The van der Waals surface area contributed by atoms with Gasteiger partial charge in [-0.05, 0) is 26.3 Å². The first kappa shape index (κ1) is 23.5. The molecule has 3 saturated heterocycles. The molecule has 0 saturated carbocycles. The lowest BCUT2D eigenvalue weighted by Gasteiger charge is -2.44. The molecule has 11 heteroatoms. The second-order valence-corrected chi connectivity index (χ2v) is 10.6. The van der Waals surface area contributed by atoms with E-state index in [9.17, 15) is 29.7 Å². The van der Waals surface area contributed by atoms with Gasteiger partial charge in [0.1, 0.15) is 5.70 Å². The van der Waals surface area contributed by atoms with Gasteiger partial charge in [0.2, 0.25) is 11.8 Å². The number of carbonyl (C=O) groups excluding carboxylic acids is 2. The van der Waals surface area contributed by atoms with E-state index in [0.717, 1.165) is 19.5 Å². The maximum Gasteiger partial charge on any atom is 0.353 e. The van der Waals surface area contributed by atoms with Gasteiger partial charge in [-0.1, -0.05) is 0 Å². The summed E-state index contributed by atoms with van der Waals surface area (Å²) in [6, 6.07) is -0.382. The third-order valence-corrected chi connectivity index (χ3v) is 8.48. The fourth-order valence-electron chi connectivity index (χ4n) is 5.29. The van der Waals surface area contributed by atoms with Crippen LogP contribution in [0, 0.1) is 5.92 Å². The van der Waals surface area contributed by atoms with Crippen molar-refractivity contribution in [2.24, 2.45) is 5.92 Å². The first-order valence-corrected chi connectivity index (χ1v) is 12.1. The predicted molar refractivity (Wildman–Crippen MR) is 118 cm³/mol. The molecule has 0 bridgehead atoms. The summed E-state index contributed by atoms with van der Waals surface area (Å²) in [5.74, 6) is -2.11. The van der Waals surface area contributed by atoms with Gasteiger partial charge in [-0.2, -0.15) is 0 Å². The molecule has 2 amide bonds. The van der Waals surface area contributed by atoms with Gasteiger partial charge in [0.15, 0.2) is 0 Å². The highest BCUT2D eigenvalue weighted by Gasteiger charge is 2.57. The molecule has 0 unspecified atom stereocenters. The number of aliphatic hydroxyl groups is 2. The monoisotopic (exact) mass is 468 g/mol. The Morgan fingerprint density at radius 1 is 1.31 bits per heavy atom. The largest absolute Gasteiger partial charge is 0.477 e. The van der Waals surface area contributed by atoms with E-state index >= 15 is 0 Å². The van der Waals surface area contributed by atoms with Crippen LogP contribution in [0.2, 0.25) is 0 Å². The number of amides is 2. The molecule has 4 aliphatic rings. The number of carbonyl (C=O) groups is 3. The Balaban J connectivity index is 1.33. The second kappa shape index (κ2) is 9.30. The lowest BCUT2D eigenvalue weighted by atomic mass is 9.83. The first-order chi connectivity index (χ1) is 15.2. The van der Waals surface area contributed by atoms with E-state index in [2.05, 4.69) is 10.6 Å². The molecule has 32 heavy (non-hydrogen) atoms. The fraction of sp³-hybridized carbons (Fsp3) is 0.762. The van der Waals surface area contributed by atoms with E-state index in [1.54, 1.807) is 18.9 Å². The Morgan fingerprint density at radius 3 is 2.69 bits per heavy atom. The zero-order valence-corrected chi connectivity index (χ0v) is 19.2. The number of β-lactam (4-membered cyclic amide) rings is 1. The number of likely N-dealkylation sites (N-methyl/N-ethyl adjacent to an activating group) is 1. The Kier molecular flexibility index (Phi) is 6.83. The van der Waals surface area contributed by atoms with Crippen molar-refractivity contribution in [3.8, 4) is 0 Å². The Bertz CT molecular complexity index is 814. The standard InChI is InChI=1S/C21H32N4O6S/c1-10(26)18-14-6-16(19(21(30)31)25(14)20(18)29)32-12-5-13(23-9-12)15(27)7-17(28)24(2)11-3-4-22-8-11/h10-15,18,22-23,26-27H,3-9H2,1-2H3,(H,30,31)/t10-,11+,12+,13+,14+,15-,18-/m1/s1. The minimum atomic E-state index is -1.13. The lowest BCUT2D eigenvalue weighted by Crippen LogP contribution is -2.61. The number of fused-ring (bicyclic) bond motifs is 1. The van der Waals surface area contributed by atoms with Gasteiger partial charge in [0.25, 0.3) is 0 Å². The number of hydrogen-bond acceptors (Lipinski definition) is 8. The van der Waals surface area contributed by atoms with Crippen molar-refractivity contribution in [3.05, 3.63) is 10.6 Å². The molecule has 0 aromatic heterocycles. The molecule has 0 radical (unpaired) electrons. The molecule has 0 aromatic rings. The number of rotatable bonds is 8. The lowest BCUT2D eigenvalue weighted by molar-refractivity contribution is -0.161. The molecule has 10 nitrogen and oxygen atoms in total. The van der Waals surface area contributed by atoms with Crippen LogP contribution in [0.5, 0.6) is 0 Å². The number of nitrogens with one attached hydrogen (secondary N) is 2. The highest BCUT2D eigenvalue weighted by molar-refractivity contribution is 8.03. The number of carboxylic acid groups (broad SMARTS) is 1. The van der Waals surface area contributed by atoms with Crippen LogP contribution in [0.4, 0.5) is 0 Å². The fourth-order valence-corrected chi connectivity index (χ4v) is 6.74. The van der Waals surface area contributed by atoms with Gasteiger partial charge in [0, 0.05) is 48.8 Å². The van der Waals surface area contributed by atoms with Crippen LogP contribution >= 0.6 is 11.8 Å². The van der Waals surface area contributed by atoms with Gasteiger partial charge < -0.3 is 35.8 Å². The highest BCUT2D eigenvalue weighted by Crippen LogP contribution is 2.48. The molecule has 4 rings (SSSR count). The van der Waals surface area contributed by atoms with Crippen molar-refractivity contribution >= 4 is 29.5 Å². The molecule has 0 aliphatic carbocycles. The van der Waals surface area contributed by atoms with Crippen LogP contribution in [-0.2, 0) is 14.4 Å². The highest BCUT2D eigenvalue weighted by atomic mass is 32.2. The average Bonchev–Trinajstić information content (AvgIpc) is 3.46. The summed E-state index contributed by atoms with van der Waals surface area (Å²) in [5.41, 5.74) is 0.0212. The zero-order chi connectivity index (χ0) is 23.2. The average molecular weight is 469 g/mol. The summed E-state index contributed by atoms with van der Waals surface area (Å²) < 4.78 is 0. The molecule has 0 spiro atoms. The minimum Gasteiger partial charge on any atom is -0.477 e. The molecular formula is C21H32N4O6S. The summed E-state index contributed by atoms with van der Waals surface area (Å²) in [6.45, 7) is 3.80. The zero-order valence-electron chi connectivity index (χ0n) is 18.4. The van der Waals surface area contributed by atoms with Crippen molar-refractivity contribution in [2.45, 2.75) is 68.2 Å². The van der Waals surface area contributed by atoms with Gasteiger partial charge >= 0.3 is 5.97 Å². The summed E-state index contributed by atoms with van der Waals surface area (Å²) in [7, 11) is 1.78. The van der Waals surface area contributed by atoms with E-state index in [4.69, 9.17) is 0 Å². The molecular weight excluding hydrogens is 436 g/mol. The number of aliphatic carboxylic acids is 1.